The lowest BCUT2D eigenvalue weighted by molar-refractivity contribution is -0.163. The molecule has 1 unspecified atom stereocenters. The lowest BCUT2D eigenvalue weighted by atomic mass is 9.99. The Hall–Kier alpha value is -2.70. The summed E-state index contributed by atoms with van der Waals surface area (Å²) >= 11 is 0.625. The van der Waals surface area contributed by atoms with Gasteiger partial charge in [0.15, 0.2) is 0 Å². The second-order valence-electron chi connectivity index (χ2n) is 9.68. The number of carbonyl (C=O) groups is 1. The number of hydrogen-bond donors (Lipinski definition) is 1. The van der Waals surface area contributed by atoms with E-state index in [0.717, 1.165) is 56.8 Å². The molecule has 1 atom stereocenters. The minimum absolute atomic E-state index is 0.169. The van der Waals surface area contributed by atoms with Crippen molar-refractivity contribution in [3.8, 4) is 0 Å². The predicted molar refractivity (Wildman–Crippen MR) is 142 cm³/mol. The molecule has 0 aromatic heterocycles. The molecule has 12 heteroatoms. The van der Waals surface area contributed by atoms with E-state index in [9.17, 15) is 31.1 Å². The average Bonchev–Trinajstić information content (AvgIpc) is 2.91. The van der Waals surface area contributed by atoms with Crippen molar-refractivity contribution in [2.45, 2.75) is 48.0 Å². The fourth-order valence-corrected chi connectivity index (χ4v) is 5.98. The predicted octanol–water partition coefficient (Wildman–Crippen LogP) is 6.64. The van der Waals surface area contributed by atoms with E-state index in [1.54, 1.807) is 24.3 Å². The van der Waals surface area contributed by atoms with Gasteiger partial charge in [-0.3, -0.25) is 4.79 Å². The van der Waals surface area contributed by atoms with E-state index in [0.29, 0.717) is 22.3 Å². The van der Waals surface area contributed by atoms with E-state index < -0.39 is 39.8 Å². The summed E-state index contributed by atoms with van der Waals surface area (Å²) in [6.07, 6.45) is -6.94. The Morgan fingerprint density at radius 3 is 2.45 bits per heavy atom. The summed E-state index contributed by atoms with van der Waals surface area (Å²) < 4.78 is 90.3. The van der Waals surface area contributed by atoms with Gasteiger partial charge in [-0.05, 0) is 61.8 Å². The zero-order valence-electron chi connectivity index (χ0n) is 21.9. The molecule has 0 radical (unpaired) electrons. The molecular weight excluding hydrogens is 556 g/mol. The molecule has 1 amide bonds. The molecule has 218 valence electrons. The van der Waals surface area contributed by atoms with Crippen molar-refractivity contribution >= 4 is 29.4 Å². The third kappa shape index (κ3) is 7.73. The Labute approximate surface area is 233 Å². The second kappa shape index (κ2) is 12.9. The average molecular weight is 588 g/mol. The molecule has 0 aliphatic carbocycles. The highest BCUT2D eigenvalue weighted by molar-refractivity contribution is 7.99. The topological polar surface area (TPSA) is 44.8 Å². The third-order valence-electron chi connectivity index (χ3n) is 6.88. The summed E-state index contributed by atoms with van der Waals surface area (Å²) in [5, 5.41) is 3.41. The number of nitrogens with one attached hydrogen (secondary N) is 1. The molecule has 2 fully saturated rings. The van der Waals surface area contributed by atoms with Gasteiger partial charge in [0.1, 0.15) is 0 Å². The number of piperidine rings is 1. The summed E-state index contributed by atoms with van der Waals surface area (Å²) in [6.45, 7) is 5.92. The van der Waals surface area contributed by atoms with Crippen molar-refractivity contribution in [1.29, 1.82) is 0 Å². The summed E-state index contributed by atoms with van der Waals surface area (Å²) in [7, 11) is 0. The van der Waals surface area contributed by atoms with E-state index in [1.165, 1.54) is 4.90 Å². The quantitative estimate of drug-likeness (QED) is 0.291. The molecule has 2 aromatic rings. The number of morpholine rings is 1. The number of rotatable bonds is 7. The van der Waals surface area contributed by atoms with Crippen molar-refractivity contribution in [2.24, 2.45) is 0 Å². The maximum absolute atomic E-state index is 14.2. The van der Waals surface area contributed by atoms with Crippen LogP contribution in [0.15, 0.2) is 52.3 Å². The van der Waals surface area contributed by atoms with Crippen molar-refractivity contribution in [3.05, 3.63) is 59.2 Å². The van der Waals surface area contributed by atoms with E-state index in [4.69, 9.17) is 4.74 Å². The number of nitrogens with zero attached hydrogens (tertiary/aromatic N) is 2. The van der Waals surface area contributed by atoms with Gasteiger partial charge in [-0.15, -0.1) is 0 Å². The van der Waals surface area contributed by atoms with Gasteiger partial charge in [-0.25, -0.2) is 0 Å². The van der Waals surface area contributed by atoms with E-state index >= 15 is 0 Å². The SMILES string of the molecule is CCN1CCCC(Nc2cccc(Sc3ccc(C=CC(=O)N4CCOCC4)c(C(F)(F)F)c3C(F)(F)F)c2)C1. The van der Waals surface area contributed by atoms with Gasteiger partial charge in [0.2, 0.25) is 5.91 Å². The van der Waals surface area contributed by atoms with Crippen LogP contribution in [0.5, 0.6) is 0 Å². The molecule has 0 bridgehead atoms. The molecule has 2 aliphatic heterocycles. The third-order valence-corrected chi connectivity index (χ3v) is 7.93. The van der Waals surface area contributed by atoms with Crippen LogP contribution in [-0.2, 0) is 21.9 Å². The fourth-order valence-electron chi connectivity index (χ4n) is 4.93. The van der Waals surface area contributed by atoms with Crippen LogP contribution in [0.25, 0.3) is 6.08 Å². The molecule has 1 N–H and O–H groups in total. The molecule has 4 rings (SSSR count). The first-order valence-electron chi connectivity index (χ1n) is 13.1. The molecule has 2 heterocycles. The molecule has 40 heavy (non-hydrogen) atoms. The summed E-state index contributed by atoms with van der Waals surface area (Å²) in [4.78, 5) is 15.9. The van der Waals surface area contributed by atoms with E-state index in [1.807, 2.05) is 0 Å². The minimum atomic E-state index is -5.31. The molecule has 5 nitrogen and oxygen atoms in total. The van der Waals surface area contributed by atoms with Crippen LogP contribution in [0.3, 0.4) is 0 Å². The number of likely N-dealkylation sites (tertiary alicyclic amines) is 1. The van der Waals surface area contributed by atoms with Gasteiger partial charge < -0.3 is 19.9 Å². The summed E-state index contributed by atoms with van der Waals surface area (Å²) in [5.41, 5.74) is -3.61. The monoisotopic (exact) mass is 587 g/mol. The lowest BCUT2D eigenvalue weighted by Crippen LogP contribution is -2.41. The number of alkyl halides is 6. The number of likely N-dealkylation sites (N-methyl/N-ethyl adjacent to an activating group) is 1. The lowest BCUT2D eigenvalue weighted by Gasteiger charge is -2.32. The minimum Gasteiger partial charge on any atom is -0.381 e. The second-order valence-corrected chi connectivity index (χ2v) is 10.8. The van der Waals surface area contributed by atoms with Crippen LogP contribution in [-0.4, -0.2) is 67.7 Å². The van der Waals surface area contributed by atoms with Gasteiger partial charge >= 0.3 is 12.4 Å². The Morgan fingerprint density at radius 1 is 1.05 bits per heavy atom. The number of anilines is 1. The number of carbonyl (C=O) groups excluding carboxylic acids is 1. The first-order chi connectivity index (χ1) is 19.0. The molecule has 2 aliphatic rings. The number of hydrogen-bond acceptors (Lipinski definition) is 5. The van der Waals surface area contributed by atoms with Gasteiger partial charge in [0.25, 0.3) is 0 Å². The molecular formula is C28H31F6N3O2S. The molecule has 0 saturated carbocycles. The zero-order valence-corrected chi connectivity index (χ0v) is 22.8. The zero-order chi connectivity index (χ0) is 28.9. The highest BCUT2D eigenvalue weighted by atomic mass is 32.2. The maximum atomic E-state index is 14.2. The summed E-state index contributed by atoms with van der Waals surface area (Å²) in [6, 6.07) is 8.85. The van der Waals surface area contributed by atoms with Crippen LogP contribution >= 0.6 is 11.8 Å². The Bertz CT molecular complexity index is 1210. The first kappa shape index (κ1) is 30.3. The number of benzene rings is 2. The highest BCUT2D eigenvalue weighted by Crippen LogP contribution is 2.48. The largest absolute Gasteiger partial charge is 0.418 e. The standard InChI is InChI=1S/C28H31F6N3O2S/c1-2-36-12-4-6-21(18-36)35-20-5-3-7-22(17-20)40-23-10-8-19(9-11-24(38)37-13-15-39-16-14-37)25(27(29,30)31)26(23)28(32,33)34/h3,5,7-11,17,21,35H,2,4,6,12-16,18H2,1H3. The number of ether oxygens (including phenoxy) is 1. The van der Waals surface area contributed by atoms with Crippen molar-refractivity contribution in [3.63, 3.8) is 0 Å². The van der Waals surface area contributed by atoms with E-state index in [2.05, 4.69) is 17.1 Å². The maximum Gasteiger partial charge on any atom is 0.418 e. The van der Waals surface area contributed by atoms with Crippen LogP contribution < -0.4 is 5.32 Å². The van der Waals surface area contributed by atoms with Crippen LogP contribution in [0.1, 0.15) is 36.5 Å². The number of halogens is 6. The van der Waals surface area contributed by atoms with Gasteiger partial charge in [-0.2, -0.15) is 26.3 Å². The summed E-state index contributed by atoms with van der Waals surface area (Å²) in [5.74, 6) is -0.590. The van der Waals surface area contributed by atoms with Gasteiger partial charge in [0.05, 0.1) is 24.3 Å². The molecule has 2 saturated heterocycles. The van der Waals surface area contributed by atoms with Crippen molar-refractivity contribution in [2.75, 3.05) is 51.3 Å². The Kier molecular flexibility index (Phi) is 9.73. The van der Waals surface area contributed by atoms with E-state index in [-0.39, 0.29) is 32.3 Å². The first-order valence-corrected chi connectivity index (χ1v) is 13.9. The normalized spacial score (nSPS) is 19.3. The highest BCUT2D eigenvalue weighted by Gasteiger charge is 2.46. The number of amides is 1. The Balaban J connectivity index is 1.63. The smallest absolute Gasteiger partial charge is 0.381 e. The van der Waals surface area contributed by atoms with Gasteiger partial charge in [0, 0.05) is 47.2 Å². The Morgan fingerprint density at radius 2 is 1.77 bits per heavy atom. The molecule has 2 aromatic carbocycles. The van der Waals surface area contributed by atoms with Crippen LogP contribution in [0.2, 0.25) is 0 Å². The molecule has 0 spiro atoms. The van der Waals surface area contributed by atoms with Crippen LogP contribution in [0.4, 0.5) is 32.0 Å². The van der Waals surface area contributed by atoms with Crippen LogP contribution in [0, 0.1) is 0 Å². The van der Waals surface area contributed by atoms with Gasteiger partial charge in [-0.1, -0.05) is 30.8 Å². The van der Waals surface area contributed by atoms with Crippen molar-refractivity contribution < 1.29 is 35.9 Å². The fraction of sp³-hybridized carbons (Fsp3) is 0.464. The van der Waals surface area contributed by atoms with Crippen molar-refractivity contribution in [1.82, 2.24) is 9.80 Å².